The molecule has 0 atom stereocenters. The molecule has 0 spiro atoms. The van der Waals surface area contributed by atoms with Crippen molar-refractivity contribution in [1.29, 1.82) is 0 Å². The monoisotopic (exact) mass is 222 g/mol. The van der Waals surface area contributed by atoms with Gasteiger partial charge in [0.05, 0.1) is 12.6 Å². The molecular weight excluding hydrogens is 209 g/mol. The van der Waals surface area contributed by atoms with E-state index < -0.39 is 18.0 Å². The maximum Gasteiger partial charge on any atom is 0.389 e. The summed E-state index contributed by atoms with van der Waals surface area (Å²) in [5.41, 5.74) is 4.39. The lowest BCUT2D eigenvalue weighted by Gasteiger charge is -2.25. The molecular formula is C8H13F3N4. The van der Waals surface area contributed by atoms with Crippen molar-refractivity contribution < 1.29 is 13.2 Å². The molecule has 1 aromatic heterocycles. The Bertz CT molecular complexity index is 329. The minimum atomic E-state index is -4.17. The first-order chi connectivity index (χ1) is 6.68. The van der Waals surface area contributed by atoms with Crippen molar-refractivity contribution in [2.45, 2.75) is 33.0 Å². The summed E-state index contributed by atoms with van der Waals surface area (Å²) in [5, 5.41) is 7.11. The molecule has 7 heteroatoms. The van der Waals surface area contributed by atoms with Crippen LogP contribution in [-0.4, -0.2) is 21.2 Å². The Kier molecular flexibility index (Phi) is 2.92. The van der Waals surface area contributed by atoms with Gasteiger partial charge in [0.25, 0.3) is 0 Å². The highest BCUT2D eigenvalue weighted by Gasteiger charge is 2.36. The Labute approximate surface area is 85.3 Å². The third-order valence-electron chi connectivity index (χ3n) is 1.83. The topological polar surface area (TPSA) is 56.7 Å². The van der Waals surface area contributed by atoms with Crippen molar-refractivity contribution in [2.24, 2.45) is 5.41 Å². The molecule has 0 aliphatic heterocycles. The van der Waals surface area contributed by atoms with Crippen molar-refractivity contribution >= 4 is 5.82 Å². The largest absolute Gasteiger partial charge is 0.389 e. The van der Waals surface area contributed by atoms with E-state index >= 15 is 0 Å². The van der Waals surface area contributed by atoms with Crippen LogP contribution in [0.3, 0.4) is 0 Å². The van der Waals surface area contributed by atoms with Crippen LogP contribution in [0.1, 0.15) is 20.3 Å². The summed E-state index contributed by atoms with van der Waals surface area (Å²) in [7, 11) is 0. The van der Waals surface area contributed by atoms with Gasteiger partial charge in [-0.25, -0.2) is 4.68 Å². The van der Waals surface area contributed by atoms with Crippen LogP contribution in [0.5, 0.6) is 0 Å². The number of hydrogen-bond acceptors (Lipinski definition) is 3. The molecule has 15 heavy (non-hydrogen) atoms. The average molecular weight is 222 g/mol. The number of nitrogens with zero attached hydrogens (tertiary/aromatic N) is 3. The molecule has 86 valence electrons. The van der Waals surface area contributed by atoms with E-state index in [-0.39, 0.29) is 12.4 Å². The predicted molar refractivity (Wildman–Crippen MR) is 48.9 cm³/mol. The molecule has 4 nitrogen and oxygen atoms in total. The number of rotatable bonds is 3. The van der Waals surface area contributed by atoms with E-state index in [4.69, 9.17) is 5.73 Å². The smallest absolute Gasteiger partial charge is 0.381 e. The van der Waals surface area contributed by atoms with Gasteiger partial charge in [-0.05, 0) is 5.41 Å². The van der Waals surface area contributed by atoms with Crippen LogP contribution < -0.4 is 5.73 Å². The molecule has 1 aromatic rings. The van der Waals surface area contributed by atoms with Gasteiger partial charge in [-0.15, -0.1) is 5.10 Å². The van der Waals surface area contributed by atoms with Crippen LogP contribution >= 0.6 is 0 Å². The number of alkyl halides is 3. The quantitative estimate of drug-likeness (QED) is 0.848. The number of hydrogen-bond donors (Lipinski definition) is 1. The second-order valence-corrected chi connectivity index (χ2v) is 4.30. The fraction of sp³-hybridized carbons (Fsp3) is 0.750. The molecule has 0 unspecified atom stereocenters. The van der Waals surface area contributed by atoms with Gasteiger partial charge in [-0.2, -0.15) is 13.2 Å². The van der Waals surface area contributed by atoms with Gasteiger partial charge in [0, 0.05) is 6.54 Å². The molecule has 0 radical (unpaired) electrons. The van der Waals surface area contributed by atoms with Crippen molar-refractivity contribution in [1.82, 2.24) is 15.0 Å². The Balaban J connectivity index is 2.64. The molecule has 0 aliphatic carbocycles. The first kappa shape index (κ1) is 11.8. The lowest BCUT2D eigenvalue weighted by Crippen LogP contribution is -2.27. The predicted octanol–water partition coefficient (Wildman–Crippen LogP) is 1.84. The van der Waals surface area contributed by atoms with Crippen molar-refractivity contribution in [3.8, 4) is 0 Å². The first-order valence-corrected chi connectivity index (χ1v) is 4.40. The third-order valence-corrected chi connectivity index (χ3v) is 1.83. The minimum absolute atomic E-state index is 0.136. The summed E-state index contributed by atoms with van der Waals surface area (Å²) in [6.07, 6.45) is -3.62. The van der Waals surface area contributed by atoms with Gasteiger partial charge in [0.2, 0.25) is 0 Å². The van der Waals surface area contributed by atoms with Crippen LogP contribution in [0.25, 0.3) is 0 Å². The molecule has 2 N–H and O–H groups in total. The number of halogens is 3. The summed E-state index contributed by atoms with van der Waals surface area (Å²) in [6.45, 7) is 3.19. The number of nitrogen functional groups attached to an aromatic ring is 1. The van der Waals surface area contributed by atoms with Crippen molar-refractivity contribution in [2.75, 3.05) is 5.73 Å². The Morgan fingerprint density at radius 3 is 2.40 bits per heavy atom. The van der Waals surface area contributed by atoms with Crippen LogP contribution in [-0.2, 0) is 6.54 Å². The first-order valence-electron chi connectivity index (χ1n) is 4.40. The molecule has 0 aliphatic rings. The standard InChI is InChI=1S/C8H13F3N4/c1-7(2,4-8(9,10)11)5-15-3-6(12)13-14-15/h3H,4-5,12H2,1-2H3. The van der Waals surface area contributed by atoms with Crippen LogP contribution in [0.4, 0.5) is 19.0 Å². The van der Waals surface area contributed by atoms with Gasteiger partial charge in [-0.1, -0.05) is 19.1 Å². The molecule has 1 heterocycles. The Morgan fingerprint density at radius 1 is 1.40 bits per heavy atom. The molecule has 1 rings (SSSR count). The molecule has 0 saturated heterocycles. The van der Waals surface area contributed by atoms with Gasteiger partial charge >= 0.3 is 6.18 Å². The highest BCUT2D eigenvalue weighted by molar-refractivity contribution is 5.19. The van der Waals surface area contributed by atoms with Crippen LogP contribution in [0.15, 0.2) is 6.20 Å². The Morgan fingerprint density at radius 2 is 2.00 bits per heavy atom. The fourth-order valence-electron chi connectivity index (χ4n) is 1.43. The van der Waals surface area contributed by atoms with E-state index in [2.05, 4.69) is 10.3 Å². The van der Waals surface area contributed by atoms with Gasteiger partial charge in [0.15, 0.2) is 5.82 Å². The Hall–Kier alpha value is -1.27. The van der Waals surface area contributed by atoms with E-state index in [1.54, 1.807) is 0 Å². The lowest BCUT2D eigenvalue weighted by molar-refractivity contribution is -0.156. The van der Waals surface area contributed by atoms with Crippen LogP contribution in [0.2, 0.25) is 0 Å². The van der Waals surface area contributed by atoms with E-state index in [1.807, 2.05) is 0 Å². The molecule has 0 amide bonds. The van der Waals surface area contributed by atoms with Crippen LogP contribution in [0, 0.1) is 5.41 Å². The third kappa shape index (κ3) is 4.18. The van der Waals surface area contributed by atoms with Crippen molar-refractivity contribution in [3.63, 3.8) is 0 Å². The van der Waals surface area contributed by atoms with E-state index in [1.165, 1.54) is 24.7 Å². The number of aromatic nitrogens is 3. The van der Waals surface area contributed by atoms with E-state index in [0.717, 1.165) is 0 Å². The molecule has 0 aromatic carbocycles. The summed E-state index contributed by atoms with van der Waals surface area (Å²) in [4.78, 5) is 0. The minimum Gasteiger partial charge on any atom is -0.381 e. The summed E-state index contributed by atoms with van der Waals surface area (Å²) in [5.74, 6) is 0.206. The average Bonchev–Trinajstić information content (AvgIpc) is 2.27. The second kappa shape index (κ2) is 3.71. The fourth-order valence-corrected chi connectivity index (χ4v) is 1.43. The summed E-state index contributed by atoms with van der Waals surface area (Å²) >= 11 is 0. The van der Waals surface area contributed by atoms with Gasteiger partial charge in [0.1, 0.15) is 0 Å². The normalized spacial score (nSPS) is 13.1. The van der Waals surface area contributed by atoms with E-state index in [9.17, 15) is 13.2 Å². The zero-order valence-corrected chi connectivity index (χ0v) is 8.54. The second-order valence-electron chi connectivity index (χ2n) is 4.30. The lowest BCUT2D eigenvalue weighted by atomic mass is 9.89. The highest BCUT2D eigenvalue weighted by atomic mass is 19.4. The molecule has 0 bridgehead atoms. The van der Waals surface area contributed by atoms with Gasteiger partial charge < -0.3 is 5.73 Å². The summed E-state index contributed by atoms with van der Waals surface area (Å²) in [6, 6.07) is 0. The summed E-state index contributed by atoms with van der Waals surface area (Å²) < 4.78 is 37.9. The SMILES string of the molecule is CC(C)(Cn1cc(N)nn1)CC(F)(F)F. The highest BCUT2D eigenvalue weighted by Crippen LogP contribution is 2.34. The molecule has 0 fully saturated rings. The van der Waals surface area contributed by atoms with Gasteiger partial charge in [-0.3, -0.25) is 0 Å². The molecule has 0 saturated carbocycles. The maximum atomic E-state index is 12.2. The van der Waals surface area contributed by atoms with E-state index in [0.29, 0.717) is 0 Å². The van der Waals surface area contributed by atoms with Crippen molar-refractivity contribution in [3.05, 3.63) is 6.20 Å². The zero-order valence-electron chi connectivity index (χ0n) is 8.54. The maximum absolute atomic E-state index is 12.2. The number of nitrogens with two attached hydrogens (primary N) is 1. The zero-order chi connectivity index (χ0) is 11.7. The number of anilines is 1.